The predicted molar refractivity (Wildman–Crippen MR) is 137 cm³/mol. The van der Waals surface area contributed by atoms with Gasteiger partial charge in [0.25, 0.3) is 0 Å². The molecule has 2 heterocycles. The van der Waals surface area contributed by atoms with Crippen molar-refractivity contribution in [2.45, 2.75) is 57.1 Å². The van der Waals surface area contributed by atoms with E-state index >= 15 is 0 Å². The van der Waals surface area contributed by atoms with Crippen LogP contribution in [0, 0.1) is 0 Å². The van der Waals surface area contributed by atoms with E-state index in [4.69, 9.17) is 15.0 Å². The van der Waals surface area contributed by atoms with Gasteiger partial charge in [0.1, 0.15) is 23.9 Å². The predicted octanol–water partition coefficient (Wildman–Crippen LogP) is 3.73. The Labute approximate surface area is 202 Å². The number of benzene rings is 1. The fourth-order valence-electron chi connectivity index (χ4n) is 3.53. The van der Waals surface area contributed by atoms with Gasteiger partial charge in [0.15, 0.2) is 11.5 Å². The molecule has 4 N–H and O–H groups in total. The molecule has 1 fully saturated rings. The highest BCUT2D eigenvalue weighted by molar-refractivity contribution is 7.99. The maximum Gasteiger partial charge on any atom is 0.342 e. The van der Waals surface area contributed by atoms with Crippen LogP contribution in [0.25, 0.3) is 11.2 Å². The zero-order valence-corrected chi connectivity index (χ0v) is 21.2. The van der Waals surface area contributed by atoms with Crippen molar-refractivity contribution in [3.05, 3.63) is 43.0 Å². The lowest BCUT2D eigenvalue weighted by atomic mass is 10.3. The number of rotatable bonds is 11. The molecule has 2 aromatic heterocycles. The van der Waals surface area contributed by atoms with E-state index in [1.54, 1.807) is 18.5 Å². The summed E-state index contributed by atoms with van der Waals surface area (Å²) in [5.41, 5.74) is 6.29. The second-order valence-electron chi connectivity index (χ2n) is 8.75. The second-order valence-corrected chi connectivity index (χ2v) is 12.5. The summed E-state index contributed by atoms with van der Waals surface area (Å²) in [5.74, 6) is 0.785. The first-order valence-electron chi connectivity index (χ1n) is 11.1. The third-order valence-electron chi connectivity index (χ3n) is 5.35. The third-order valence-corrected chi connectivity index (χ3v) is 8.30. The van der Waals surface area contributed by atoms with E-state index in [1.807, 2.05) is 43.5 Å². The Morgan fingerprint density at radius 3 is 2.68 bits per heavy atom. The number of aliphatic hydroxyl groups is 1. The first-order chi connectivity index (χ1) is 16.2. The van der Waals surface area contributed by atoms with Crippen LogP contribution >= 0.6 is 18.9 Å². The molecule has 3 aromatic rings. The quantitative estimate of drug-likeness (QED) is 0.174. The van der Waals surface area contributed by atoms with Gasteiger partial charge in [-0.3, -0.25) is 4.57 Å². The van der Waals surface area contributed by atoms with E-state index in [2.05, 4.69) is 20.0 Å². The fraction of sp³-hybridized carbons (Fsp3) is 0.455. The number of anilines is 1. The van der Waals surface area contributed by atoms with E-state index in [-0.39, 0.29) is 22.8 Å². The summed E-state index contributed by atoms with van der Waals surface area (Å²) in [7, 11) is -3.53. The van der Waals surface area contributed by atoms with Gasteiger partial charge in [0, 0.05) is 0 Å². The minimum Gasteiger partial charge on any atom is -0.431 e. The van der Waals surface area contributed by atoms with Crippen molar-refractivity contribution < 1.29 is 18.9 Å². The molecule has 1 unspecified atom stereocenters. The molecule has 4 rings (SSSR count). The number of imidazole rings is 1. The number of hydrogen-bond acceptors (Lipinski definition) is 7. The standard InChI is InChI=1S/C22H31N6O4PS/c1-15(2)34-21(29)22(9-10-22)27-33(30,32-17-7-5-4-6-8-17)14-31-16(3)11-28-13-26-18-19(23)24-12-25-20(18)28/h4-8,12-13,15-16,29,34H,9-11,14H2,1-3H3,(H,27,30)(H2,23,24,25)/t16-,33?/m1/s1. The molecule has 1 saturated carbocycles. The summed E-state index contributed by atoms with van der Waals surface area (Å²) in [5, 5.41) is 14.4. The zero-order valence-electron chi connectivity index (χ0n) is 19.5. The lowest BCUT2D eigenvalue weighted by Gasteiger charge is -2.27. The molecule has 34 heavy (non-hydrogen) atoms. The van der Waals surface area contributed by atoms with E-state index in [0.717, 1.165) is 11.4 Å². The second kappa shape index (κ2) is 10.1. The Kier molecular flexibility index (Phi) is 7.39. The van der Waals surface area contributed by atoms with Crippen LogP contribution in [-0.2, 0) is 15.8 Å². The summed E-state index contributed by atoms with van der Waals surface area (Å²) in [6.07, 6.45) is 3.91. The minimum absolute atomic E-state index is 0.166. The molecule has 1 aliphatic rings. The maximum absolute atomic E-state index is 14.0. The van der Waals surface area contributed by atoms with Gasteiger partial charge < -0.3 is 24.7 Å². The zero-order chi connectivity index (χ0) is 24.3. The Morgan fingerprint density at radius 2 is 2.00 bits per heavy atom. The molecule has 2 atom stereocenters. The molecule has 0 radical (unpaired) electrons. The number of thiol groups is 1. The highest BCUT2D eigenvalue weighted by Crippen LogP contribution is 2.51. The Balaban J connectivity index is 1.49. The lowest BCUT2D eigenvalue weighted by molar-refractivity contribution is 0.0820. The van der Waals surface area contributed by atoms with Crippen LogP contribution in [-0.4, -0.2) is 52.9 Å². The van der Waals surface area contributed by atoms with Crippen LogP contribution in [0.15, 0.2) is 43.0 Å². The number of nitrogens with one attached hydrogen (secondary N) is 1. The number of nitrogens with zero attached hydrogens (tertiary/aromatic N) is 4. The summed E-state index contributed by atoms with van der Waals surface area (Å²) in [4.78, 5) is 12.5. The summed E-state index contributed by atoms with van der Waals surface area (Å²) in [6.45, 7) is 6.35. The summed E-state index contributed by atoms with van der Waals surface area (Å²) in [6, 6.07) is 8.98. The van der Waals surface area contributed by atoms with Gasteiger partial charge in [0.05, 0.1) is 29.6 Å². The Bertz CT molecular complexity index is 1210. The maximum atomic E-state index is 14.0. The van der Waals surface area contributed by atoms with Crippen LogP contribution in [0.4, 0.5) is 5.82 Å². The normalized spacial score (nSPS) is 18.3. The largest absolute Gasteiger partial charge is 0.431 e. The molecule has 184 valence electrons. The van der Waals surface area contributed by atoms with E-state index in [1.165, 1.54) is 6.33 Å². The van der Waals surface area contributed by atoms with Gasteiger partial charge in [-0.05, 0) is 37.1 Å². The summed E-state index contributed by atoms with van der Waals surface area (Å²) < 4.78 is 27.7. The molecular formula is C22H31N6O4PS. The first-order valence-corrected chi connectivity index (χ1v) is 13.9. The van der Waals surface area contributed by atoms with Gasteiger partial charge in [-0.2, -0.15) is 11.4 Å². The van der Waals surface area contributed by atoms with Crippen LogP contribution in [0.2, 0.25) is 0 Å². The van der Waals surface area contributed by atoms with Crippen molar-refractivity contribution in [2.24, 2.45) is 0 Å². The van der Waals surface area contributed by atoms with Crippen molar-refractivity contribution in [3.63, 3.8) is 0 Å². The molecule has 0 bridgehead atoms. The average Bonchev–Trinajstić information content (AvgIpc) is 3.45. The number of aromatic nitrogens is 4. The third kappa shape index (κ3) is 5.84. The van der Waals surface area contributed by atoms with Gasteiger partial charge in [-0.15, -0.1) is 0 Å². The first kappa shape index (κ1) is 24.8. The van der Waals surface area contributed by atoms with Gasteiger partial charge in [0.2, 0.25) is 0 Å². The molecule has 0 amide bonds. The number of aliphatic hydroxyl groups excluding tert-OH is 1. The monoisotopic (exact) mass is 506 g/mol. The number of nitrogens with two attached hydrogens (primary N) is 1. The number of fused-ring (bicyclic) bond motifs is 1. The molecule has 12 heteroatoms. The number of para-hydroxylation sites is 1. The minimum atomic E-state index is -3.53. The molecule has 0 aliphatic heterocycles. The average molecular weight is 507 g/mol. The summed E-state index contributed by atoms with van der Waals surface area (Å²) >= 11 is 0.811. The number of hydrogen-bond donors (Lipinski definition) is 4. The van der Waals surface area contributed by atoms with Crippen LogP contribution in [0.5, 0.6) is 5.75 Å². The van der Waals surface area contributed by atoms with E-state index in [9.17, 15) is 9.67 Å². The molecule has 1 aliphatic carbocycles. The number of ether oxygens (including phenoxy) is 1. The molecular weight excluding hydrogens is 475 g/mol. The molecule has 10 nitrogen and oxygen atoms in total. The van der Waals surface area contributed by atoms with Crippen molar-refractivity contribution >= 4 is 40.9 Å². The van der Waals surface area contributed by atoms with Gasteiger partial charge in [-0.25, -0.2) is 20.0 Å². The van der Waals surface area contributed by atoms with Crippen molar-refractivity contribution in [1.82, 2.24) is 24.6 Å². The Morgan fingerprint density at radius 1 is 1.26 bits per heavy atom. The fourth-order valence-corrected chi connectivity index (χ4v) is 6.69. The van der Waals surface area contributed by atoms with Gasteiger partial charge in [-0.1, -0.05) is 32.0 Å². The highest BCUT2D eigenvalue weighted by atomic mass is 32.1. The van der Waals surface area contributed by atoms with Crippen LogP contribution in [0.1, 0.15) is 33.6 Å². The Hall–Kier alpha value is -2.30. The SMILES string of the molecule is CC(C)[SH]=C(O)C1(NP(=O)(CO[C@H](C)Cn2cnc3c(N)ncnc32)Oc2ccccc2)CC1. The van der Waals surface area contributed by atoms with E-state index in [0.29, 0.717) is 42.1 Å². The molecule has 0 spiro atoms. The molecule has 0 saturated heterocycles. The highest BCUT2D eigenvalue weighted by Gasteiger charge is 2.51. The van der Waals surface area contributed by atoms with Crippen molar-refractivity contribution in [1.29, 1.82) is 0 Å². The van der Waals surface area contributed by atoms with Crippen LogP contribution < -0.4 is 15.3 Å². The lowest BCUT2D eigenvalue weighted by Crippen LogP contribution is -2.39. The van der Waals surface area contributed by atoms with Gasteiger partial charge >= 0.3 is 7.52 Å². The van der Waals surface area contributed by atoms with Crippen molar-refractivity contribution in [2.75, 3.05) is 12.1 Å². The number of nitrogen functional groups attached to an aromatic ring is 1. The topological polar surface area (TPSA) is 137 Å². The molecule has 1 aromatic carbocycles. The van der Waals surface area contributed by atoms with E-state index < -0.39 is 13.1 Å². The van der Waals surface area contributed by atoms with Crippen LogP contribution in [0.3, 0.4) is 0 Å². The smallest absolute Gasteiger partial charge is 0.342 e. The van der Waals surface area contributed by atoms with Crippen molar-refractivity contribution in [3.8, 4) is 5.75 Å².